The molecule has 1 aromatic carbocycles. The Morgan fingerprint density at radius 2 is 2.26 bits per heavy atom. The third kappa shape index (κ3) is 2.37. The number of aromatic nitrogens is 1. The Labute approximate surface area is 138 Å². The molecule has 4 rings (SSSR count). The van der Waals surface area contributed by atoms with Crippen molar-refractivity contribution in [1.82, 2.24) is 9.88 Å². The van der Waals surface area contributed by atoms with Gasteiger partial charge in [-0.3, -0.25) is 14.6 Å². The molecule has 2 aliphatic rings. The van der Waals surface area contributed by atoms with E-state index in [0.29, 0.717) is 17.9 Å². The number of nitrogens with zero attached hydrogens (tertiary/aromatic N) is 2. The minimum absolute atomic E-state index is 0.0780. The summed E-state index contributed by atoms with van der Waals surface area (Å²) in [6.07, 6.45) is 3.01. The van der Waals surface area contributed by atoms with Crippen LogP contribution in [0.3, 0.4) is 0 Å². The summed E-state index contributed by atoms with van der Waals surface area (Å²) in [5.41, 5.74) is 1.56. The van der Waals surface area contributed by atoms with E-state index in [2.05, 4.69) is 10.3 Å². The number of para-hydroxylation sites is 1. The molecule has 6 heteroatoms. The van der Waals surface area contributed by atoms with Crippen LogP contribution in [0.4, 0.5) is 5.69 Å². The van der Waals surface area contributed by atoms with Crippen LogP contribution in [0.15, 0.2) is 36.5 Å². The minimum atomic E-state index is -0.397. The molecule has 118 valence electrons. The normalized spacial score (nSPS) is 26.6. The maximum Gasteiger partial charge on any atom is 0.248 e. The van der Waals surface area contributed by atoms with Crippen LogP contribution in [0.5, 0.6) is 0 Å². The van der Waals surface area contributed by atoms with Gasteiger partial charge in [0.15, 0.2) is 0 Å². The van der Waals surface area contributed by atoms with E-state index < -0.39 is 6.04 Å². The lowest BCUT2D eigenvalue weighted by Gasteiger charge is -2.29. The van der Waals surface area contributed by atoms with E-state index in [1.807, 2.05) is 37.3 Å². The molecule has 1 N–H and O–H groups in total. The van der Waals surface area contributed by atoms with E-state index in [-0.39, 0.29) is 16.7 Å². The van der Waals surface area contributed by atoms with Crippen LogP contribution in [-0.4, -0.2) is 38.4 Å². The molecule has 23 heavy (non-hydrogen) atoms. The Hall–Kier alpha value is -2.08. The molecular formula is C17H17N3O2S. The molecule has 3 heterocycles. The number of pyridine rings is 1. The van der Waals surface area contributed by atoms with Gasteiger partial charge in [-0.05, 0) is 25.5 Å². The number of thioether (sulfide) groups is 1. The fraction of sp³-hybridized carbons (Fsp3) is 0.353. The Balaban J connectivity index is 1.56. The Morgan fingerprint density at radius 3 is 3.13 bits per heavy atom. The largest absolute Gasteiger partial charge is 0.323 e. The number of rotatable bonds is 2. The molecule has 5 nitrogen and oxygen atoms in total. The second kappa shape index (κ2) is 5.23. The van der Waals surface area contributed by atoms with Crippen molar-refractivity contribution >= 4 is 40.2 Å². The van der Waals surface area contributed by atoms with Crippen molar-refractivity contribution in [1.29, 1.82) is 0 Å². The Kier molecular flexibility index (Phi) is 3.30. The molecule has 0 bridgehead atoms. The first-order valence-corrected chi connectivity index (χ1v) is 8.67. The molecular weight excluding hydrogens is 310 g/mol. The standard InChI is InChI=1S/C17H17N3O2S/c1-17-7-6-15(21)20(17)14(10-23-17)16(22)19-12-8-11-4-2-3-5-13(11)18-9-12/h2-5,8-9,14H,6-7,10H2,1H3,(H,19,22)/t14-,17-/m0/s1. The molecule has 0 spiro atoms. The number of nitrogens with one attached hydrogen (secondary N) is 1. The lowest BCUT2D eigenvalue weighted by molar-refractivity contribution is -0.135. The van der Waals surface area contributed by atoms with Gasteiger partial charge >= 0.3 is 0 Å². The average molecular weight is 327 g/mol. The van der Waals surface area contributed by atoms with Gasteiger partial charge in [0.05, 0.1) is 22.3 Å². The fourth-order valence-corrected chi connectivity index (χ4v) is 4.81. The molecule has 2 saturated heterocycles. The van der Waals surface area contributed by atoms with E-state index in [4.69, 9.17) is 0 Å². The molecule has 2 atom stereocenters. The van der Waals surface area contributed by atoms with Crippen LogP contribution in [0.1, 0.15) is 19.8 Å². The van der Waals surface area contributed by atoms with Gasteiger partial charge < -0.3 is 10.2 Å². The van der Waals surface area contributed by atoms with E-state index in [1.165, 1.54) is 0 Å². The Bertz CT molecular complexity index is 809. The predicted molar refractivity (Wildman–Crippen MR) is 91.1 cm³/mol. The van der Waals surface area contributed by atoms with Crippen molar-refractivity contribution in [2.75, 3.05) is 11.1 Å². The molecule has 0 radical (unpaired) electrons. The molecule has 2 amide bonds. The smallest absolute Gasteiger partial charge is 0.248 e. The van der Waals surface area contributed by atoms with E-state index in [0.717, 1.165) is 17.3 Å². The lowest BCUT2D eigenvalue weighted by atomic mass is 10.2. The summed E-state index contributed by atoms with van der Waals surface area (Å²) < 4.78 is 0. The third-order valence-electron chi connectivity index (χ3n) is 4.61. The number of carbonyl (C=O) groups is 2. The summed E-state index contributed by atoms with van der Waals surface area (Å²) in [7, 11) is 0. The van der Waals surface area contributed by atoms with E-state index in [1.54, 1.807) is 22.9 Å². The highest BCUT2D eigenvalue weighted by molar-refractivity contribution is 8.01. The first-order valence-electron chi connectivity index (χ1n) is 7.69. The third-order valence-corrected chi connectivity index (χ3v) is 6.11. The highest BCUT2D eigenvalue weighted by Gasteiger charge is 2.52. The highest BCUT2D eigenvalue weighted by atomic mass is 32.2. The topological polar surface area (TPSA) is 62.3 Å². The van der Waals surface area contributed by atoms with Gasteiger partial charge in [0.2, 0.25) is 11.8 Å². The van der Waals surface area contributed by atoms with Crippen LogP contribution in [0.25, 0.3) is 10.9 Å². The van der Waals surface area contributed by atoms with Crippen LogP contribution in [0, 0.1) is 0 Å². The van der Waals surface area contributed by atoms with Crippen molar-refractivity contribution in [2.45, 2.75) is 30.7 Å². The minimum Gasteiger partial charge on any atom is -0.323 e. The summed E-state index contributed by atoms with van der Waals surface area (Å²) in [5.74, 6) is 0.595. The molecule has 2 aliphatic heterocycles. The van der Waals surface area contributed by atoms with Crippen LogP contribution >= 0.6 is 11.8 Å². The van der Waals surface area contributed by atoms with Gasteiger partial charge in [0.1, 0.15) is 6.04 Å². The fourth-order valence-electron chi connectivity index (χ4n) is 3.38. The Morgan fingerprint density at radius 1 is 1.43 bits per heavy atom. The second-order valence-electron chi connectivity index (χ2n) is 6.17. The first kappa shape index (κ1) is 14.5. The zero-order valence-corrected chi connectivity index (χ0v) is 13.6. The summed E-state index contributed by atoms with van der Waals surface area (Å²) >= 11 is 1.70. The van der Waals surface area contributed by atoms with Gasteiger partial charge in [0, 0.05) is 17.6 Å². The molecule has 2 fully saturated rings. The lowest BCUT2D eigenvalue weighted by Crippen LogP contribution is -2.48. The molecule has 0 saturated carbocycles. The monoisotopic (exact) mass is 327 g/mol. The van der Waals surface area contributed by atoms with Gasteiger partial charge in [-0.2, -0.15) is 0 Å². The summed E-state index contributed by atoms with van der Waals surface area (Å²) in [5, 5.41) is 3.90. The number of fused-ring (bicyclic) bond motifs is 2. The number of hydrogen-bond acceptors (Lipinski definition) is 4. The van der Waals surface area contributed by atoms with Gasteiger partial charge in [-0.1, -0.05) is 18.2 Å². The van der Waals surface area contributed by atoms with Crippen LogP contribution in [0.2, 0.25) is 0 Å². The molecule has 0 unspecified atom stereocenters. The van der Waals surface area contributed by atoms with Crippen molar-refractivity contribution in [3.8, 4) is 0 Å². The van der Waals surface area contributed by atoms with Crippen molar-refractivity contribution < 1.29 is 9.59 Å². The van der Waals surface area contributed by atoms with Gasteiger partial charge in [-0.25, -0.2) is 0 Å². The quantitative estimate of drug-likeness (QED) is 0.921. The van der Waals surface area contributed by atoms with E-state index >= 15 is 0 Å². The predicted octanol–water partition coefficient (Wildman–Crippen LogP) is 2.63. The number of amides is 2. The molecule has 0 aliphatic carbocycles. The van der Waals surface area contributed by atoms with Crippen LogP contribution < -0.4 is 5.32 Å². The van der Waals surface area contributed by atoms with Gasteiger partial charge in [-0.15, -0.1) is 11.8 Å². The van der Waals surface area contributed by atoms with Crippen molar-refractivity contribution in [3.05, 3.63) is 36.5 Å². The summed E-state index contributed by atoms with van der Waals surface area (Å²) in [6.45, 7) is 2.05. The summed E-state index contributed by atoms with van der Waals surface area (Å²) in [6, 6.07) is 9.29. The average Bonchev–Trinajstić information content (AvgIpc) is 3.04. The van der Waals surface area contributed by atoms with Crippen molar-refractivity contribution in [2.24, 2.45) is 0 Å². The highest BCUT2D eigenvalue weighted by Crippen LogP contribution is 2.47. The SMILES string of the molecule is C[C@]12CCC(=O)N1[C@H](C(=O)Nc1cnc3ccccc3c1)CS2. The van der Waals surface area contributed by atoms with Crippen LogP contribution in [-0.2, 0) is 9.59 Å². The maximum absolute atomic E-state index is 12.6. The van der Waals surface area contributed by atoms with Gasteiger partial charge in [0.25, 0.3) is 0 Å². The molecule has 2 aromatic rings. The number of carbonyl (C=O) groups excluding carboxylic acids is 2. The first-order chi connectivity index (χ1) is 11.1. The summed E-state index contributed by atoms with van der Waals surface area (Å²) in [4.78, 5) is 30.7. The van der Waals surface area contributed by atoms with E-state index in [9.17, 15) is 9.59 Å². The number of anilines is 1. The molecule has 1 aromatic heterocycles. The zero-order chi connectivity index (χ0) is 16.0. The number of benzene rings is 1. The number of hydrogen-bond donors (Lipinski definition) is 1. The second-order valence-corrected chi connectivity index (χ2v) is 7.67. The van der Waals surface area contributed by atoms with Crippen molar-refractivity contribution in [3.63, 3.8) is 0 Å². The maximum atomic E-state index is 12.6. The zero-order valence-electron chi connectivity index (χ0n) is 12.8.